The van der Waals surface area contributed by atoms with E-state index in [4.69, 9.17) is 5.84 Å². The van der Waals surface area contributed by atoms with Crippen molar-refractivity contribution in [2.24, 2.45) is 5.84 Å². The number of nitrogens with zero attached hydrogens (tertiary/aromatic N) is 2. The highest BCUT2D eigenvalue weighted by molar-refractivity contribution is 5.61. The molecular weight excluding hydrogens is 272 g/mol. The van der Waals surface area contributed by atoms with Crippen LogP contribution in [0, 0.1) is 10.1 Å². The molecule has 0 bridgehead atoms. The number of hydrogen-bond donors (Lipinski definition) is 3. The molecule has 2 atom stereocenters. The predicted molar refractivity (Wildman–Crippen MR) is 80.6 cm³/mol. The summed E-state index contributed by atoms with van der Waals surface area (Å²) in [4.78, 5) is 12.6. The molecule has 0 amide bonds. The van der Waals surface area contributed by atoms with Gasteiger partial charge in [-0.1, -0.05) is 18.9 Å². The lowest BCUT2D eigenvalue weighted by atomic mass is 9.91. The summed E-state index contributed by atoms with van der Waals surface area (Å²) in [6, 6.07) is 5.07. The van der Waals surface area contributed by atoms with Gasteiger partial charge in [0.25, 0.3) is 5.69 Å². The van der Waals surface area contributed by atoms with Gasteiger partial charge in [-0.3, -0.25) is 20.9 Å². The van der Waals surface area contributed by atoms with Crippen molar-refractivity contribution in [1.82, 2.24) is 4.90 Å². The van der Waals surface area contributed by atoms with E-state index in [1.807, 2.05) is 13.1 Å². The van der Waals surface area contributed by atoms with Crippen LogP contribution in [-0.4, -0.2) is 34.1 Å². The first-order valence-electron chi connectivity index (χ1n) is 7.15. The number of nitrogen functional groups attached to an aromatic ring is 1. The summed E-state index contributed by atoms with van der Waals surface area (Å²) in [5, 5.41) is 21.1. The first-order chi connectivity index (χ1) is 10.0. The Labute approximate surface area is 123 Å². The Balaban J connectivity index is 2.11. The molecule has 4 N–H and O–H groups in total. The number of nitro groups is 1. The van der Waals surface area contributed by atoms with Gasteiger partial charge in [0, 0.05) is 18.7 Å². The van der Waals surface area contributed by atoms with Crippen molar-refractivity contribution >= 4 is 11.4 Å². The monoisotopic (exact) mass is 294 g/mol. The number of likely N-dealkylation sites (N-methyl/N-ethyl adjacent to an activating group) is 1. The summed E-state index contributed by atoms with van der Waals surface area (Å²) in [6.45, 7) is 0.563. The Morgan fingerprint density at radius 1 is 1.48 bits per heavy atom. The van der Waals surface area contributed by atoms with E-state index < -0.39 is 4.92 Å². The van der Waals surface area contributed by atoms with Crippen LogP contribution >= 0.6 is 0 Å². The number of anilines is 1. The number of benzene rings is 1. The van der Waals surface area contributed by atoms with Gasteiger partial charge in [0.1, 0.15) is 5.69 Å². The molecule has 0 radical (unpaired) electrons. The SMILES string of the molecule is CN(Cc1ccc(NN)c([N+](=O)[O-])c1)C1CCCCC1O. The summed E-state index contributed by atoms with van der Waals surface area (Å²) in [5.41, 5.74) is 3.43. The van der Waals surface area contributed by atoms with Crippen molar-refractivity contribution in [1.29, 1.82) is 0 Å². The van der Waals surface area contributed by atoms with E-state index in [2.05, 4.69) is 10.3 Å². The minimum atomic E-state index is -0.450. The second-order valence-electron chi connectivity index (χ2n) is 5.59. The van der Waals surface area contributed by atoms with Crippen LogP contribution in [0.15, 0.2) is 18.2 Å². The predicted octanol–water partition coefficient (Wildman–Crippen LogP) is 1.62. The fourth-order valence-electron chi connectivity index (χ4n) is 2.96. The minimum absolute atomic E-state index is 0.0346. The second-order valence-corrected chi connectivity index (χ2v) is 5.59. The number of hydrazine groups is 1. The Morgan fingerprint density at radius 2 is 2.19 bits per heavy atom. The molecule has 0 heterocycles. The van der Waals surface area contributed by atoms with E-state index in [1.54, 1.807) is 6.07 Å². The maximum Gasteiger partial charge on any atom is 0.293 e. The van der Waals surface area contributed by atoms with Gasteiger partial charge < -0.3 is 10.5 Å². The summed E-state index contributed by atoms with van der Waals surface area (Å²) < 4.78 is 0. The van der Waals surface area contributed by atoms with Crippen LogP contribution in [0.3, 0.4) is 0 Å². The van der Waals surface area contributed by atoms with Crippen LogP contribution in [0.2, 0.25) is 0 Å². The number of aliphatic hydroxyl groups excluding tert-OH is 1. The van der Waals surface area contributed by atoms with E-state index in [0.29, 0.717) is 12.2 Å². The third kappa shape index (κ3) is 3.69. The molecule has 1 fully saturated rings. The van der Waals surface area contributed by atoms with Gasteiger partial charge in [-0.25, -0.2) is 0 Å². The zero-order valence-electron chi connectivity index (χ0n) is 12.2. The van der Waals surface area contributed by atoms with Crippen LogP contribution in [-0.2, 0) is 6.54 Å². The largest absolute Gasteiger partial charge is 0.391 e. The average Bonchev–Trinajstić information content (AvgIpc) is 2.47. The molecule has 2 unspecified atom stereocenters. The lowest BCUT2D eigenvalue weighted by molar-refractivity contribution is -0.384. The molecular formula is C14H22N4O3. The molecule has 1 aromatic carbocycles. The molecule has 2 rings (SSSR count). The summed E-state index contributed by atoms with van der Waals surface area (Å²) in [7, 11) is 1.94. The minimum Gasteiger partial charge on any atom is -0.391 e. The summed E-state index contributed by atoms with van der Waals surface area (Å²) in [5.74, 6) is 5.28. The molecule has 0 aliphatic heterocycles. The van der Waals surface area contributed by atoms with Gasteiger partial charge >= 0.3 is 0 Å². The molecule has 1 aromatic rings. The van der Waals surface area contributed by atoms with Crippen LogP contribution in [0.4, 0.5) is 11.4 Å². The van der Waals surface area contributed by atoms with Crippen LogP contribution in [0.25, 0.3) is 0 Å². The maximum absolute atomic E-state index is 11.0. The van der Waals surface area contributed by atoms with Crippen molar-refractivity contribution in [3.8, 4) is 0 Å². The number of rotatable bonds is 5. The molecule has 21 heavy (non-hydrogen) atoms. The molecule has 7 nitrogen and oxygen atoms in total. The van der Waals surface area contributed by atoms with Gasteiger partial charge in [-0.15, -0.1) is 0 Å². The molecule has 1 aliphatic carbocycles. The number of nitrogens with two attached hydrogens (primary N) is 1. The molecule has 1 saturated carbocycles. The van der Waals surface area contributed by atoms with Crippen LogP contribution in [0.5, 0.6) is 0 Å². The quantitative estimate of drug-likeness (QED) is 0.433. The molecule has 0 spiro atoms. The lowest BCUT2D eigenvalue weighted by Gasteiger charge is -2.35. The molecule has 0 aromatic heterocycles. The van der Waals surface area contributed by atoms with Gasteiger partial charge in [0.15, 0.2) is 0 Å². The number of nitrogens with one attached hydrogen (secondary N) is 1. The Morgan fingerprint density at radius 3 is 2.81 bits per heavy atom. The highest BCUT2D eigenvalue weighted by Crippen LogP contribution is 2.27. The zero-order chi connectivity index (χ0) is 15.4. The van der Waals surface area contributed by atoms with Gasteiger partial charge in [0.2, 0.25) is 0 Å². The number of hydrogen-bond acceptors (Lipinski definition) is 6. The molecule has 0 saturated heterocycles. The Bertz CT molecular complexity index is 509. The zero-order valence-corrected chi connectivity index (χ0v) is 12.2. The summed E-state index contributed by atoms with van der Waals surface area (Å²) in [6.07, 6.45) is 3.65. The highest BCUT2D eigenvalue weighted by atomic mass is 16.6. The van der Waals surface area contributed by atoms with E-state index in [0.717, 1.165) is 31.2 Å². The molecule has 7 heteroatoms. The van der Waals surface area contributed by atoms with E-state index >= 15 is 0 Å². The number of aliphatic hydroxyl groups is 1. The van der Waals surface area contributed by atoms with Crippen LogP contribution < -0.4 is 11.3 Å². The lowest BCUT2D eigenvalue weighted by Crippen LogP contribution is -2.42. The molecule has 116 valence electrons. The van der Waals surface area contributed by atoms with E-state index in [9.17, 15) is 15.2 Å². The smallest absolute Gasteiger partial charge is 0.293 e. The standard InChI is InChI=1S/C14H22N4O3/c1-17(12-4-2-3-5-14(12)19)9-10-6-7-11(16-15)13(8-10)18(20)21/h6-8,12,14,16,19H,2-5,9,15H2,1H3. The van der Waals surface area contributed by atoms with Crippen molar-refractivity contribution in [2.75, 3.05) is 12.5 Å². The van der Waals surface area contributed by atoms with E-state index in [-0.39, 0.29) is 17.8 Å². The van der Waals surface area contributed by atoms with Gasteiger partial charge in [0.05, 0.1) is 11.0 Å². The second kappa shape index (κ2) is 6.84. The van der Waals surface area contributed by atoms with Crippen LogP contribution in [0.1, 0.15) is 31.2 Å². The van der Waals surface area contributed by atoms with Crippen molar-refractivity contribution < 1.29 is 10.0 Å². The maximum atomic E-state index is 11.0. The van der Waals surface area contributed by atoms with Crippen molar-refractivity contribution in [3.63, 3.8) is 0 Å². The van der Waals surface area contributed by atoms with E-state index in [1.165, 1.54) is 6.07 Å². The van der Waals surface area contributed by atoms with Crippen molar-refractivity contribution in [3.05, 3.63) is 33.9 Å². The first kappa shape index (κ1) is 15.7. The Hall–Kier alpha value is -1.70. The van der Waals surface area contributed by atoms with Crippen molar-refractivity contribution in [2.45, 2.75) is 44.4 Å². The third-order valence-electron chi connectivity index (χ3n) is 4.11. The highest BCUT2D eigenvalue weighted by Gasteiger charge is 2.26. The first-order valence-corrected chi connectivity index (χ1v) is 7.15. The number of nitro benzene ring substituents is 1. The van der Waals surface area contributed by atoms with Gasteiger partial charge in [-0.05, 0) is 31.5 Å². The fraction of sp³-hybridized carbons (Fsp3) is 0.571. The third-order valence-corrected chi connectivity index (χ3v) is 4.11. The molecule has 1 aliphatic rings. The fourth-order valence-corrected chi connectivity index (χ4v) is 2.96. The summed E-state index contributed by atoms with van der Waals surface area (Å²) >= 11 is 0. The topological polar surface area (TPSA) is 105 Å². The normalized spacial score (nSPS) is 22.3. The van der Waals surface area contributed by atoms with Gasteiger partial charge in [-0.2, -0.15) is 0 Å². The Kier molecular flexibility index (Phi) is 5.11. The average molecular weight is 294 g/mol.